The predicted octanol–water partition coefficient (Wildman–Crippen LogP) is 6.43. The normalized spacial score (nSPS) is 13.1. The fourth-order valence-corrected chi connectivity index (χ4v) is 8.07. The Labute approximate surface area is 330 Å². The molecule has 6 rings (SSSR count). The Morgan fingerprint density at radius 1 is 0.930 bits per heavy atom. The molecule has 0 saturated heterocycles. The number of nitrogens with zero attached hydrogens (tertiary/aromatic N) is 5. The summed E-state index contributed by atoms with van der Waals surface area (Å²) in [4.78, 5) is 19.4. The molecule has 57 heavy (non-hydrogen) atoms. The van der Waals surface area contributed by atoms with Crippen molar-refractivity contribution in [2.24, 2.45) is 5.73 Å². The van der Waals surface area contributed by atoms with E-state index in [0.717, 1.165) is 38.2 Å². The van der Waals surface area contributed by atoms with Crippen molar-refractivity contribution in [2.45, 2.75) is 50.6 Å². The third-order valence-electron chi connectivity index (χ3n) is 9.70. The maximum atomic E-state index is 14.7. The third kappa shape index (κ3) is 8.21. The fraction of sp³-hybridized carbons (Fsp3) is 0.289. The zero-order valence-corrected chi connectivity index (χ0v) is 33.6. The highest BCUT2D eigenvalue weighted by Crippen LogP contribution is 2.39. The van der Waals surface area contributed by atoms with Crippen LogP contribution in [-0.4, -0.2) is 62.2 Å². The van der Waals surface area contributed by atoms with E-state index < -0.39 is 60.8 Å². The molecule has 0 fully saturated rings. The molecule has 0 amide bonds. The van der Waals surface area contributed by atoms with Crippen molar-refractivity contribution in [1.29, 1.82) is 0 Å². The minimum absolute atomic E-state index is 0.0241. The quantitative estimate of drug-likeness (QED) is 0.129. The van der Waals surface area contributed by atoms with Crippen LogP contribution in [0.2, 0.25) is 5.02 Å². The second kappa shape index (κ2) is 15.4. The van der Waals surface area contributed by atoms with Crippen LogP contribution < -0.4 is 20.3 Å². The number of fused-ring (bicyclic) bond motifs is 2. The zero-order chi connectivity index (χ0) is 41.8. The van der Waals surface area contributed by atoms with E-state index in [1.54, 1.807) is 24.3 Å². The van der Waals surface area contributed by atoms with Crippen LogP contribution in [-0.2, 0) is 44.1 Å². The zero-order valence-electron chi connectivity index (χ0n) is 31.2. The van der Waals surface area contributed by atoms with Crippen LogP contribution in [0.3, 0.4) is 0 Å². The molecule has 302 valence electrons. The summed E-state index contributed by atoms with van der Waals surface area (Å²) >= 11 is 6.75. The largest absolute Gasteiger partial charge is 0.497 e. The lowest BCUT2D eigenvalue weighted by Crippen LogP contribution is -2.31. The van der Waals surface area contributed by atoms with Gasteiger partial charge in [0.05, 0.1) is 63.2 Å². The van der Waals surface area contributed by atoms with E-state index in [1.807, 2.05) is 0 Å². The smallest absolute Gasteiger partial charge is 0.266 e. The SMILES string of the molecule is COc1ccc(CN(c2nn(CC(F)F)c3c(-n4c([C@@H](N)Cc5cc(F)cc(F)c5)nc5cc(C(C)(C)S(C)(=O)=O)ccc5c4=O)ccc(Cl)c23)S(C)(=O)=O)cc1. The van der Waals surface area contributed by atoms with Gasteiger partial charge in [0.25, 0.3) is 12.0 Å². The molecule has 0 bridgehead atoms. The Kier molecular flexibility index (Phi) is 11.2. The first-order chi connectivity index (χ1) is 26.6. The number of aromatic nitrogens is 4. The molecule has 0 aliphatic heterocycles. The van der Waals surface area contributed by atoms with E-state index >= 15 is 0 Å². The number of benzene rings is 4. The Morgan fingerprint density at radius 2 is 1.58 bits per heavy atom. The first-order valence-electron chi connectivity index (χ1n) is 17.2. The topological polar surface area (TPSA) is 159 Å². The molecule has 4 aromatic carbocycles. The number of nitrogens with two attached hydrogens (primary N) is 1. The number of anilines is 1. The van der Waals surface area contributed by atoms with E-state index in [2.05, 4.69) is 5.10 Å². The van der Waals surface area contributed by atoms with E-state index in [4.69, 9.17) is 27.1 Å². The van der Waals surface area contributed by atoms with E-state index in [9.17, 15) is 39.2 Å². The average Bonchev–Trinajstić information content (AvgIpc) is 3.48. The van der Waals surface area contributed by atoms with Crippen LogP contribution in [0.5, 0.6) is 5.75 Å². The van der Waals surface area contributed by atoms with Crippen LogP contribution in [0.4, 0.5) is 23.4 Å². The second-order valence-corrected chi connectivity index (χ2v) is 18.9. The molecule has 2 heterocycles. The number of alkyl halides is 2. The molecule has 2 aromatic heterocycles. The Hall–Kier alpha value is -5.04. The molecule has 6 aromatic rings. The van der Waals surface area contributed by atoms with Gasteiger partial charge in [0.2, 0.25) is 10.0 Å². The van der Waals surface area contributed by atoms with Crippen molar-refractivity contribution in [1.82, 2.24) is 19.3 Å². The monoisotopic (exact) mass is 848 g/mol. The average molecular weight is 849 g/mol. The van der Waals surface area contributed by atoms with Gasteiger partial charge in [-0.15, -0.1) is 0 Å². The lowest BCUT2D eigenvalue weighted by molar-refractivity contribution is 0.123. The highest BCUT2D eigenvalue weighted by molar-refractivity contribution is 7.92. The highest BCUT2D eigenvalue weighted by atomic mass is 35.5. The number of hydrogen-bond donors (Lipinski definition) is 1. The standard InChI is InChI=1S/C38H37ClF4N6O6S2/c1-38(2,56(4,51)52)23-8-11-27-30(17-23)45-35(29(44)16-22-14-24(40)18-25(41)15-22)49(37(27)50)31-13-12-28(39)33-34(31)47(20-32(42)43)46-36(33)48(57(5,53)54)19-21-6-9-26(55-3)10-7-21/h6-15,17-18,29,32H,16,19-20,44H2,1-5H3/t29-/m0/s1. The summed E-state index contributed by atoms with van der Waals surface area (Å²) in [5, 5.41) is 4.13. The molecule has 0 unspecified atom stereocenters. The number of sulfone groups is 1. The summed E-state index contributed by atoms with van der Waals surface area (Å²) in [6, 6.07) is 14.8. The summed E-state index contributed by atoms with van der Waals surface area (Å²) in [5.74, 6) is -1.79. The van der Waals surface area contributed by atoms with Crippen LogP contribution in [0, 0.1) is 11.6 Å². The number of hydrogen-bond acceptors (Lipinski definition) is 9. The lowest BCUT2D eigenvalue weighted by Gasteiger charge is -2.24. The van der Waals surface area contributed by atoms with Gasteiger partial charge < -0.3 is 10.5 Å². The molecular weight excluding hydrogens is 812 g/mol. The van der Waals surface area contributed by atoms with Crippen LogP contribution in [0.1, 0.15) is 42.4 Å². The maximum Gasteiger partial charge on any atom is 0.266 e. The Balaban J connectivity index is 1.67. The van der Waals surface area contributed by atoms with Gasteiger partial charge in [0, 0.05) is 12.3 Å². The fourth-order valence-electron chi connectivity index (χ4n) is 6.45. The van der Waals surface area contributed by atoms with Gasteiger partial charge in [-0.25, -0.2) is 43.7 Å². The van der Waals surface area contributed by atoms with E-state index in [-0.39, 0.29) is 62.7 Å². The number of ether oxygens (including phenoxy) is 1. The van der Waals surface area contributed by atoms with Gasteiger partial charge in [-0.2, -0.15) is 5.10 Å². The molecule has 1 atom stereocenters. The summed E-state index contributed by atoms with van der Waals surface area (Å²) in [5.41, 5.74) is 6.52. The Morgan fingerprint density at radius 3 is 2.16 bits per heavy atom. The molecule has 12 nitrogen and oxygen atoms in total. The van der Waals surface area contributed by atoms with Crippen molar-refractivity contribution in [3.8, 4) is 11.4 Å². The summed E-state index contributed by atoms with van der Waals surface area (Å²) in [6.07, 6.45) is -1.32. The maximum absolute atomic E-state index is 14.7. The highest BCUT2D eigenvalue weighted by Gasteiger charge is 2.34. The first kappa shape index (κ1) is 41.6. The summed E-state index contributed by atoms with van der Waals surface area (Å²) in [6.45, 7) is 1.61. The van der Waals surface area contributed by atoms with E-state index in [1.165, 1.54) is 51.3 Å². The number of sulfonamides is 1. The van der Waals surface area contributed by atoms with Gasteiger partial charge >= 0.3 is 0 Å². The molecule has 19 heteroatoms. The van der Waals surface area contributed by atoms with Gasteiger partial charge in [0.15, 0.2) is 15.7 Å². The lowest BCUT2D eigenvalue weighted by atomic mass is 10.00. The van der Waals surface area contributed by atoms with Gasteiger partial charge in [0.1, 0.15) is 29.8 Å². The molecule has 2 N–H and O–H groups in total. The first-order valence-corrected chi connectivity index (χ1v) is 21.3. The molecule has 0 aliphatic carbocycles. The summed E-state index contributed by atoms with van der Waals surface area (Å²) < 4.78 is 116. The summed E-state index contributed by atoms with van der Waals surface area (Å²) in [7, 11) is -6.41. The van der Waals surface area contributed by atoms with Gasteiger partial charge in [-0.1, -0.05) is 29.8 Å². The van der Waals surface area contributed by atoms with E-state index in [0.29, 0.717) is 22.9 Å². The number of halogens is 5. The van der Waals surface area contributed by atoms with Crippen molar-refractivity contribution < 1.29 is 39.1 Å². The minimum Gasteiger partial charge on any atom is -0.497 e. The van der Waals surface area contributed by atoms with Crippen LogP contribution >= 0.6 is 11.6 Å². The second-order valence-electron chi connectivity index (χ2n) is 14.0. The van der Waals surface area contributed by atoms with Crippen molar-refractivity contribution >= 4 is 59.1 Å². The minimum atomic E-state index is -4.18. The van der Waals surface area contributed by atoms with Gasteiger partial charge in [-0.05, 0) is 85.5 Å². The molecule has 0 saturated carbocycles. The molecule has 0 radical (unpaired) electrons. The number of methoxy groups -OCH3 is 1. The molecular formula is C38H37ClF4N6O6S2. The van der Waals surface area contributed by atoms with Gasteiger partial charge in [-0.3, -0.25) is 14.0 Å². The third-order valence-corrected chi connectivity index (χ3v) is 13.2. The van der Waals surface area contributed by atoms with Crippen molar-refractivity contribution in [3.05, 3.63) is 122 Å². The van der Waals surface area contributed by atoms with Crippen LogP contribution in [0.25, 0.3) is 27.5 Å². The van der Waals surface area contributed by atoms with Crippen LogP contribution in [0.15, 0.2) is 77.6 Å². The molecule has 0 spiro atoms. The predicted molar refractivity (Wildman–Crippen MR) is 211 cm³/mol. The molecule has 0 aliphatic rings. The van der Waals surface area contributed by atoms with Crippen molar-refractivity contribution in [3.63, 3.8) is 0 Å². The number of rotatable bonds is 13. The van der Waals surface area contributed by atoms with Crippen molar-refractivity contribution in [2.75, 3.05) is 23.9 Å². The Bertz CT molecular complexity index is 2800.